The molecule has 20 heavy (non-hydrogen) atoms. The molecule has 0 heterocycles. The van der Waals surface area contributed by atoms with Crippen LogP contribution in [0.4, 0.5) is 0 Å². The fraction of sp³-hybridized carbons (Fsp3) is 0.267. The van der Waals surface area contributed by atoms with Gasteiger partial charge in [0.2, 0.25) is 0 Å². The molecule has 0 bridgehead atoms. The Morgan fingerprint density at radius 2 is 1.80 bits per heavy atom. The highest BCUT2D eigenvalue weighted by Gasteiger charge is 2.19. The molecular formula is C15H16O4S. The second kappa shape index (κ2) is 6.26. The average Bonchev–Trinajstić information content (AvgIpc) is 2.43. The highest BCUT2D eigenvalue weighted by atomic mass is 32.2. The van der Waals surface area contributed by atoms with Crippen molar-refractivity contribution in [2.75, 3.05) is 5.75 Å². The van der Waals surface area contributed by atoms with Crippen molar-refractivity contribution < 1.29 is 20.1 Å². The van der Waals surface area contributed by atoms with Gasteiger partial charge in [0.05, 0.1) is 6.10 Å². The van der Waals surface area contributed by atoms with Gasteiger partial charge < -0.3 is 15.3 Å². The van der Waals surface area contributed by atoms with Crippen molar-refractivity contribution in [2.24, 2.45) is 0 Å². The second-order valence-corrected chi connectivity index (χ2v) is 5.80. The molecule has 2 atom stereocenters. The summed E-state index contributed by atoms with van der Waals surface area (Å²) in [4.78, 5) is 10.9. The molecule has 2 aromatic carbocycles. The lowest BCUT2D eigenvalue weighted by atomic mass is 10.0. The molecular weight excluding hydrogens is 276 g/mol. The van der Waals surface area contributed by atoms with Crippen LogP contribution in [0.25, 0.3) is 10.8 Å². The van der Waals surface area contributed by atoms with Crippen molar-refractivity contribution in [1.82, 2.24) is 0 Å². The van der Waals surface area contributed by atoms with Crippen LogP contribution in [0.1, 0.15) is 18.6 Å². The lowest BCUT2D eigenvalue weighted by molar-refractivity contribution is -0.109. The summed E-state index contributed by atoms with van der Waals surface area (Å²) in [7, 11) is 0. The van der Waals surface area contributed by atoms with Gasteiger partial charge in [0.1, 0.15) is 11.9 Å². The number of hydrogen-bond acceptors (Lipinski definition) is 5. The number of carbonyl (C=O) groups excluding carboxylic acids is 1. The molecule has 5 heteroatoms. The molecule has 2 rings (SSSR count). The molecule has 2 aromatic rings. The molecule has 0 aliphatic heterocycles. The largest absolute Gasteiger partial charge is 0.508 e. The van der Waals surface area contributed by atoms with E-state index in [2.05, 4.69) is 0 Å². The van der Waals surface area contributed by atoms with E-state index < -0.39 is 12.2 Å². The Balaban J connectivity index is 2.19. The minimum absolute atomic E-state index is 0.0924. The van der Waals surface area contributed by atoms with E-state index in [0.717, 1.165) is 22.5 Å². The monoisotopic (exact) mass is 292 g/mol. The SMILES string of the molecule is CC(=O)SCC(O)C(O)c1ccc2cc(O)ccc2c1. The Hall–Kier alpha value is -1.56. The minimum atomic E-state index is -1.04. The number of benzene rings is 2. The van der Waals surface area contributed by atoms with Gasteiger partial charge in [-0.1, -0.05) is 30.0 Å². The number of aromatic hydroxyl groups is 1. The van der Waals surface area contributed by atoms with E-state index in [0.29, 0.717) is 5.56 Å². The van der Waals surface area contributed by atoms with Crippen LogP contribution < -0.4 is 0 Å². The highest BCUT2D eigenvalue weighted by molar-refractivity contribution is 8.13. The van der Waals surface area contributed by atoms with Crippen LogP contribution >= 0.6 is 11.8 Å². The highest BCUT2D eigenvalue weighted by Crippen LogP contribution is 2.26. The van der Waals surface area contributed by atoms with Gasteiger partial charge in [0, 0.05) is 12.7 Å². The lowest BCUT2D eigenvalue weighted by Crippen LogP contribution is -2.21. The summed E-state index contributed by atoms with van der Waals surface area (Å²) >= 11 is 0.986. The Labute approximate surface area is 121 Å². The number of phenolic OH excluding ortho intramolecular Hbond substituents is 1. The van der Waals surface area contributed by atoms with Crippen molar-refractivity contribution in [1.29, 1.82) is 0 Å². The van der Waals surface area contributed by atoms with Crippen LogP contribution in [0.5, 0.6) is 5.75 Å². The Morgan fingerprint density at radius 1 is 1.15 bits per heavy atom. The van der Waals surface area contributed by atoms with E-state index in [1.54, 1.807) is 36.4 Å². The van der Waals surface area contributed by atoms with Gasteiger partial charge >= 0.3 is 0 Å². The minimum Gasteiger partial charge on any atom is -0.508 e. The van der Waals surface area contributed by atoms with E-state index in [-0.39, 0.29) is 16.6 Å². The number of aliphatic hydroxyl groups excluding tert-OH is 2. The quantitative estimate of drug-likeness (QED) is 0.805. The molecule has 0 aliphatic carbocycles. The summed E-state index contributed by atoms with van der Waals surface area (Å²) in [6, 6.07) is 10.2. The Kier molecular flexibility index (Phi) is 4.65. The number of carbonyl (C=O) groups is 1. The summed E-state index contributed by atoms with van der Waals surface area (Å²) in [6.07, 6.45) is -2.04. The third kappa shape index (κ3) is 3.50. The van der Waals surface area contributed by atoms with Crippen LogP contribution in [0, 0.1) is 0 Å². The second-order valence-electron chi connectivity index (χ2n) is 4.61. The molecule has 0 amide bonds. The van der Waals surface area contributed by atoms with E-state index in [1.165, 1.54) is 6.92 Å². The maximum absolute atomic E-state index is 10.9. The molecule has 4 nitrogen and oxygen atoms in total. The smallest absolute Gasteiger partial charge is 0.185 e. The number of phenols is 1. The third-order valence-corrected chi connectivity index (χ3v) is 3.93. The third-order valence-electron chi connectivity index (χ3n) is 3.01. The first-order valence-electron chi connectivity index (χ1n) is 6.19. The van der Waals surface area contributed by atoms with Crippen LogP contribution in [0.15, 0.2) is 36.4 Å². The van der Waals surface area contributed by atoms with Gasteiger partial charge in [-0.25, -0.2) is 0 Å². The van der Waals surface area contributed by atoms with Gasteiger partial charge in [-0.15, -0.1) is 0 Å². The standard InChI is InChI=1S/C15H16O4S/c1-9(16)20-8-14(18)15(19)12-3-2-11-7-13(17)5-4-10(11)6-12/h2-7,14-15,17-19H,8H2,1H3. The zero-order valence-corrected chi connectivity index (χ0v) is 11.8. The zero-order chi connectivity index (χ0) is 14.7. The number of thioether (sulfide) groups is 1. The number of fused-ring (bicyclic) bond motifs is 1. The Morgan fingerprint density at radius 3 is 2.50 bits per heavy atom. The fourth-order valence-corrected chi connectivity index (χ4v) is 2.54. The topological polar surface area (TPSA) is 77.8 Å². The molecule has 0 aliphatic rings. The molecule has 0 aromatic heterocycles. The van der Waals surface area contributed by atoms with Crippen LogP contribution in [0.2, 0.25) is 0 Å². The van der Waals surface area contributed by atoms with Gasteiger partial charge in [0.25, 0.3) is 0 Å². The fourth-order valence-electron chi connectivity index (χ4n) is 1.95. The first kappa shape index (κ1) is 14.8. The molecule has 0 radical (unpaired) electrons. The lowest BCUT2D eigenvalue weighted by Gasteiger charge is -2.17. The van der Waals surface area contributed by atoms with Crippen LogP contribution in [0.3, 0.4) is 0 Å². The Bertz CT molecular complexity index is 626. The summed E-state index contributed by atoms with van der Waals surface area (Å²) < 4.78 is 0. The first-order chi connectivity index (χ1) is 9.47. The van der Waals surface area contributed by atoms with Gasteiger partial charge in [-0.3, -0.25) is 4.79 Å². The number of aliphatic hydroxyl groups is 2. The average molecular weight is 292 g/mol. The van der Waals surface area contributed by atoms with Crippen molar-refractivity contribution in [3.05, 3.63) is 42.0 Å². The molecule has 0 saturated heterocycles. The van der Waals surface area contributed by atoms with Crippen LogP contribution in [-0.4, -0.2) is 32.3 Å². The molecule has 3 N–H and O–H groups in total. The van der Waals surface area contributed by atoms with Crippen molar-refractivity contribution in [2.45, 2.75) is 19.1 Å². The first-order valence-corrected chi connectivity index (χ1v) is 7.18. The van der Waals surface area contributed by atoms with E-state index in [1.807, 2.05) is 0 Å². The van der Waals surface area contributed by atoms with Gasteiger partial charge in [-0.2, -0.15) is 0 Å². The molecule has 106 valence electrons. The summed E-state index contributed by atoms with van der Waals surface area (Å²) in [5.41, 5.74) is 0.583. The number of rotatable bonds is 4. The van der Waals surface area contributed by atoms with Crippen molar-refractivity contribution in [3.63, 3.8) is 0 Å². The molecule has 0 spiro atoms. The predicted octanol–water partition coefficient (Wildman–Crippen LogP) is 2.22. The van der Waals surface area contributed by atoms with Crippen LogP contribution in [-0.2, 0) is 4.79 Å². The van der Waals surface area contributed by atoms with E-state index in [4.69, 9.17) is 0 Å². The molecule has 0 saturated carbocycles. The normalized spacial score (nSPS) is 14.2. The maximum atomic E-state index is 10.9. The molecule has 2 unspecified atom stereocenters. The zero-order valence-electron chi connectivity index (χ0n) is 11.0. The van der Waals surface area contributed by atoms with Gasteiger partial charge in [-0.05, 0) is 34.5 Å². The maximum Gasteiger partial charge on any atom is 0.185 e. The van der Waals surface area contributed by atoms with Gasteiger partial charge in [0.15, 0.2) is 5.12 Å². The van der Waals surface area contributed by atoms with Crippen molar-refractivity contribution in [3.8, 4) is 5.75 Å². The summed E-state index contributed by atoms with van der Waals surface area (Å²) in [6.45, 7) is 1.42. The number of hydrogen-bond donors (Lipinski definition) is 3. The van der Waals surface area contributed by atoms with E-state index >= 15 is 0 Å². The molecule has 0 fully saturated rings. The van der Waals surface area contributed by atoms with E-state index in [9.17, 15) is 20.1 Å². The summed E-state index contributed by atoms with van der Waals surface area (Å²) in [5, 5.41) is 31.0. The summed E-state index contributed by atoms with van der Waals surface area (Å²) in [5.74, 6) is 0.341. The van der Waals surface area contributed by atoms with Crippen molar-refractivity contribution >= 4 is 27.6 Å². The predicted molar refractivity (Wildman–Crippen MR) is 79.7 cm³/mol.